The lowest BCUT2D eigenvalue weighted by Crippen LogP contribution is -2.56. The van der Waals surface area contributed by atoms with Crippen molar-refractivity contribution in [2.24, 2.45) is 0 Å². The van der Waals surface area contributed by atoms with Gasteiger partial charge in [0.1, 0.15) is 0 Å². The van der Waals surface area contributed by atoms with Crippen LogP contribution in [0.5, 0.6) is 0 Å². The van der Waals surface area contributed by atoms with Crippen molar-refractivity contribution in [2.45, 2.75) is 42.4 Å². The molecule has 1 aromatic rings. The predicted molar refractivity (Wildman–Crippen MR) is 94.5 cm³/mol. The standard InChI is InChI=1S/C18H23F3N2O2S/c1-26-16-10-12(18(19,20)21)4-5-13(16)17(24)22-14-6-9-25-11-15(14)23-7-2-3-8-23/h4-5,10,14-15H,2-3,6-9,11H2,1H3,(H,22,24). The van der Waals surface area contributed by atoms with Crippen LogP contribution in [0, 0.1) is 0 Å². The molecule has 4 nitrogen and oxygen atoms in total. The number of benzene rings is 1. The Hall–Kier alpha value is -1.25. The van der Waals surface area contributed by atoms with Gasteiger partial charge in [0.15, 0.2) is 0 Å². The maximum atomic E-state index is 12.9. The number of carbonyl (C=O) groups is 1. The van der Waals surface area contributed by atoms with Crippen LogP contribution in [0.25, 0.3) is 0 Å². The highest BCUT2D eigenvalue weighted by atomic mass is 32.2. The quantitative estimate of drug-likeness (QED) is 0.803. The Bertz CT molecular complexity index is 648. The van der Waals surface area contributed by atoms with E-state index in [1.54, 1.807) is 6.26 Å². The van der Waals surface area contributed by atoms with E-state index < -0.39 is 11.7 Å². The number of hydrogen-bond acceptors (Lipinski definition) is 4. The molecule has 8 heteroatoms. The summed E-state index contributed by atoms with van der Waals surface area (Å²) in [6.07, 6.45) is 0.260. The summed E-state index contributed by atoms with van der Waals surface area (Å²) in [5, 5.41) is 3.04. The summed E-state index contributed by atoms with van der Waals surface area (Å²) in [5.41, 5.74) is -0.448. The molecular weight excluding hydrogens is 365 g/mol. The van der Waals surface area contributed by atoms with Crippen LogP contribution >= 0.6 is 11.8 Å². The van der Waals surface area contributed by atoms with Crippen molar-refractivity contribution in [1.82, 2.24) is 10.2 Å². The first-order valence-corrected chi connectivity index (χ1v) is 10.0. The normalized spacial score (nSPS) is 24.6. The average molecular weight is 388 g/mol. The molecule has 1 N–H and O–H groups in total. The average Bonchev–Trinajstić information content (AvgIpc) is 3.15. The van der Waals surface area contributed by atoms with Gasteiger partial charge in [0.2, 0.25) is 0 Å². The van der Waals surface area contributed by atoms with Crippen molar-refractivity contribution in [2.75, 3.05) is 32.6 Å². The van der Waals surface area contributed by atoms with Crippen molar-refractivity contribution < 1.29 is 22.7 Å². The van der Waals surface area contributed by atoms with Crippen LogP contribution in [-0.2, 0) is 10.9 Å². The molecule has 2 fully saturated rings. The molecule has 1 amide bonds. The van der Waals surface area contributed by atoms with E-state index in [-0.39, 0.29) is 23.6 Å². The van der Waals surface area contributed by atoms with Gasteiger partial charge in [-0.15, -0.1) is 11.8 Å². The van der Waals surface area contributed by atoms with Gasteiger partial charge in [-0.2, -0.15) is 13.2 Å². The molecular formula is C18H23F3N2O2S. The minimum atomic E-state index is -4.42. The summed E-state index contributed by atoms with van der Waals surface area (Å²) in [6.45, 7) is 3.15. The number of alkyl halides is 3. The van der Waals surface area contributed by atoms with Gasteiger partial charge in [0.25, 0.3) is 5.91 Å². The van der Waals surface area contributed by atoms with Crippen LogP contribution in [0.4, 0.5) is 13.2 Å². The Morgan fingerprint density at radius 1 is 1.31 bits per heavy atom. The molecule has 2 unspecified atom stereocenters. The van der Waals surface area contributed by atoms with Crippen LogP contribution < -0.4 is 5.32 Å². The third kappa shape index (κ3) is 4.35. The molecule has 3 rings (SSSR count). The first kappa shape index (κ1) is 19.5. The summed E-state index contributed by atoms with van der Waals surface area (Å²) in [6, 6.07) is 3.36. The molecule has 0 radical (unpaired) electrons. The van der Waals surface area contributed by atoms with Gasteiger partial charge in [0.05, 0.1) is 23.8 Å². The van der Waals surface area contributed by atoms with E-state index in [0.29, 0.717) is 24.5 Å². The SMILES string of the molecule is CSc1cc(C(F)(F)F)ccc1C(=O)NC1CCOCC1N1CCCC1. The Morgan fingerprint density at radius 2 is 2.04 bits per heavy atom. The Labute approximate surface area is 155 Å². The number of hydrogen-bond donors (Lipinski definition) is 1. The maximum Gasteiger partial charge on any atom is 0.416 e. The highest BCUT2D eigenvalue weighted by Gasteiger charge is 2.34. The second kappa shape index (κ2) is 8.19. The van der Waals surface area contributed by atoms with E-state index in [2.05, 4.69) is 10.2 Å². The Morgan fingerprint density at radius 3 is 2.69 bits per heavy atom. The molecule has 1 aromatic carbocycles. The van der Waals surface area contributed by atoms with Gasteiger partial charge >= 0.3 is 6.18 Å². The van der Waals surface area contributed by atoms with Gasteiger partial charge in [0, 0.05) is 17.5 Å². The summed E-state index contributed by atoms with van der Waals surface area (Å²) >= 11 is 1.15. The zero-order chi connectivity index (χ0) is 18.7. The molecule has 2 heterocycles. The molecule has 0 aliphatic carbocycles. The zero-order valence-corrected chi connectivity index (χ0v) is 15.5. The van der Waals surface area contributed by atoms with Crippen LogP contribution in [-0.4, -0.2) is 55.4 Å². The molecule has 2 aliphatic heterocycles. The maximum absolute atomic E-state index is 12.9. The zero-order valence-electron chi connectivity index (χ0n) is 14.6. The fourth-order valence-electron chi connectivity index (χ4n) is 3.63. The molecule has 0 spiro atoms. The summed E-state index contributed by atoms with van der Waals surface area (Å²) in [7, 11) is 0. The summed E-state index contributed by atoms with van der Waals surface area (Å²) in [4.78, 5) is 15.4. The van der Waals surface area contributed by atoms with Gasteiger partial charge in [-0.3, -0.25) is 9.69 Å². The van der Waals surface area contributed by atoms with Crippen molar-refractivity contribution in [3.63, 3.8) is 0 Å². The smallest absolute Gasteiger partial charge is 0.380 e. The largest absolute Gasteiger partial charge is 0.416 e. The lowest BCUT2D eigenvalue weighted by Gasteiger charge is -2.38. The molecule has 144 valence electrons. The van der Waals surface area contributed by atoms with E-state index in [9.17, 15) is 18.0 Å². The fraction of sp³-hybridized carbons (Fsp3) is 0.611. The monoisotopic (exact) mass is 388 g/mol. The minimum Gasteiger partial charge on any atom is -0.380 e. The number of carbonyl (C=O) groups excluding carboxylic acids is 1. The van der Waals surface area contributed by atoms with Crippen LogP contribution in [0.15, 0.2) is 23.1 Å². The molecule has 0 aromatic heterocycles. The minimum absolute atomic E-state index is 0.0497. The van der Waals surface area contributed by atoms with Crippen molar-refractivity contribution in [1.29, 1.82) is 0 Å². The molecule has 2 aliphatic rings. The van der Waals surface area contributed by atoms with Crippen molar-refractivity contribution in [3.8, 4) is 0 Å². The fourth-order valence-corrected chi connectivity index (χ4v) is 4.25. The van der Waals surface area contributed by atoms with Gasteiger partial charge in [-0.05, 0) is 56.8 Å². The molecule has 0 bridgehead atoms. The number of rotatable bonds is 4. The number of amides is 1. The lowest BCUT2D eigenvalue weighted by atomic mass is 10.0. The second-order valence-corrected chi connectivity index (χ2v) is 7.51. The van der Waals surface area contributed by atoms with E-state index in [1.807, 2.05) is 0 Å². The predicted octanol–water partition coefficient (Wildman–Crippen LogP) is 3.41. The molecule has 26 heavy (non-hydrogen) atoms. The van der Waals surface area contributed by atoms with Gasteiger partial charge in [-0.1, -0.05) is 0 Å². The van der Waals surface area contributed by atoms with Crippen LogP contribution in [0.3, 0.4) is 0 Å². The van der Waals surface area contributed by atoms with Crippen molar-refractivity contribution in [3.05, 3.63) is 29.3 Å². The number of halogens is 3. The molecule has 2 saturated heterocycles. The van der Waals surface area contributed by atoms with Gasteiger partial charge in [-0.25, -0.2) is 0 Å². The first-order chi connectivity index (χ1) is 12.4. The number of nitrogens with one attached hydrogen (secondary N) is 1. The Balaban J connectivity index is 1.76. The topological polar surface area (TPSA) is 41.6 Å². The first-order valence-electron chi connectivity index (χ1n) is 8.78. The number of nitrogens with zero attached hydrogens (tertiary/aromatic N) is 1. The highest BCUT2D eigenvalue weighted by molar-refractivity contribution is 7.98. The van der Waals surface area contributed by atoms with E-state index in [1.165, 1.54) is 6.07 Å². The molecule has 0 saturated carbocycles. The third-order valence-electron chi connectivity index (χ3n) is 5.03. The summed E-state index contributed by atoms with van der Waals surface area (Å²) < 4.78 is 44.3. The summed E-state index contributed by atoms with van der Waals surface area (Å²) in [5.74, 6) is -0.320. The van der Waals surface area contributed by atoms with E-state index in [0.717, 1.165) is 49.8 Å². The number of likely N-dealkylation sites (tertiary alicyclic amines) is 1. The number of ether oxygens (including phenoxy) is 1. The highest BCUT2D eigenvalue weighted by Crippen LogP contribution is 2.33. The third-order valence-corrected chi connectivity index (χ3v) is 5.80. The number of thioether (sulfide) groups is 1. The Kier molecular flexibility index (Phi) is 6.14. The van der Waals surface area contributed by atoms with Crippen molar-refractivity contribution >= 4 is 17.7 Å². The lowest BCUT2D eigenvalue weighted by molar-refractivity contribution is -0.137. The van der Waals surface area contributed by atoms with Gasteiger partial charge < -0.3 is 10.1 Å². The van der Waals surface area contributed by atoms with Crippen LogP contribution in [0.2, 0.25) is 0 Å². The second-order valence-electron chi connectivity index (χ2n) is 6.67. The van der Waals surface area contributed by atoms with E-state index >= 15 is 0 Å². The molecule has 2 atom stereocenters. The van der Waals surface area contributed by atoms with E-state index in [4.69, 9.17) is 4.74 Å². The van der Waals surface area contributed by atoms with Crippen LogP contribution in [0.1, 0.15) is 35.2 Å².